The van der Waals surface area contributed by atoms with Crippen LogP contribution in [-0.2, 0) is 14.5 Å². The summed E-state index contributed by atoms with van der Waals surface area (Å²) in [5.74, 6) is 2.27. The smallest absolute Gasteiger partial charge is 0.215 e. The quantitative estimate of drug-likeness (QED) is 0.529. The van der Waals surface area contributed by atoms with Gasteiger partial charge in [0.25, 0.3) is 0 Å². The standard InChI is InChI=1S/C26H34ClN3O3/c27-21-1-2-22-23(3-6-28-24(22)16-21)29-7-10-30-8-4-25(5-9-30)31-26(33-32-25)19-12-17-11-18(14-19)15-20(26)13-17/h1-3,6,16-20,22,24,29H,4-5,7-15H2/p+2. The summed E-state index contributed by atoms with van der Waals surface area (Å²) in [6, 6.07) is 0.242. The van der Waals surface area contributed by atoms with Crippen molar-refractivity contribution in [2.75, 3.05) is 26.2 Å². The number of piperidine rings is 1. The lowest BCUT2D eigenvalue weighted by molar-refractivity contribution is -0.908. The van der Waals surface area contributed by atoms with E-state index in [1.165, 1.54) is 37.8 Å². The molecule has 2 spiro atoms. The van der Waals surface area contributed by atoms with E-state index in [1.807, 2.05) is 12.3 Å². The summed E-state index contributed by atoms with van der Waals surface area (Å²) < 4.78 is 6.85. The van der Waals surface area contributed by atoms with Gasteiger partial charge < -0.3 is 15.0 Å². The van der Waals surface area contributed by atoms with Crippen molar-refractivity contribution in [1.29, 1.82) is 0 Å². The number of hydrogen-bond donors (Lipinski definition) is 3. The molecule has 0 aromatic heterocycles. The molecule has 8 aliphatic rings. The second-order valence-electron chi connectivity index (χ2n) is 11.5. The van der Waals surface area contributed by atoms with Crippen molar-refractivity contribution in [3.8, 4) is 0 Å². The van der Waals surface area contributed by atoms with Crippen LogP contribution in [0.2, 0.25) is 0 Å². The molecule has 8 rings (SSSR count). The van der Waals surface area contributed by atoms with Gasteiger partial charge in [0.05, 0.1) is 44.9 Å². The minimum atomic E-state index is -0.509. The van der Waals surface area contributed by atoms with E-state index in [1.54, 1.807) is 4.90 Å². The third kappa shape index (κ3) is 3.56. The molecule has 2 unspecified atom stereocenters. The number of likely N-dealkylation sites (tertiary alicyclic amines) is 1. The first-order valence-corrected chi connectivity index (χ1v) is 13.5. The molecule has 33 heavy (non-hydrogen) atoms. The Balaban J connectivity index is 0.922. The fourth-order valence-corrected chi connectivity index (χ4v) is 8.25. The zero-order valence-corrected chi connectivity index (χ0v) is 20.0. The van der Waals surface area contributed by atoms with Crippen LogP contribution in [-0.4, -0.2) is 50.0 Å². The second kappa shape index (κ2) is 7.92. The van der Waals surface area contributed by atoms with E-state index in [-0.39, 0.29) is 6.04 Å². The van der Waals surface area contributed by atoms with Crippen molar-refractivity contribution in [3.05, 3.63) is 35.0 Å². The van der Waals surface area contributed by atoms with Gasteiger partial charge in [0.1, 0.15) is 0 Å². The average molecular weight is 474 g/mol. The van der Waals surface area contributed by atoms with Crippen molar-refractivity contribution in [1.82, 2.24) is 5.32 Å². The molecule has 5 aliphatic carbocycles. The third-order valence-corrected chi connectivity index (χ3v) is 9.82. The predicted molar refractivity (Wildman–Crippen MR) is 124 cm³/mol. The summed E-state index contributed by atoms with van der Waals surface area (Å²) in [4.78, 5) is 17.3. The molecule has 3 heterocycles. The Labute approximate surface area is 201 Å². The van der Waals surface area contributed by atoms with Gasteiger partial charge in [0.2, 0.25) is 11.6 Å². The number of ether oxygens (including phenoxy) is 1. The summed E-state index contributed by atoms with van der Waals surface area (Å²) in [6.07, 6.45) is 18.8. The molecule has 4 bridgehead atoms. The van der Waals surface area contributed by atoms with Gasteiger partial charge in [-0.2, -0.15) is 9.78 Å². The molecular formula is C26H36ClN3O3+2. The van der Waals surface area contributed by atoms with Crippen LogP contribution in [0.1, 0.15) is 44.9 Å². The molecule has 4 saturated carbocycles. The Morgan fingerprint density at radius 1 is 1.06 bits per heavy atom. The molecule has 0 aromatic rings. The zero-order valence-electron chi connectivity index (χ0n) is 19.2. The monoisotopic (exact) mass is 473 g/mol. The lowest BCUT2D eigenvalue weighted by atomic mass is 9.53. The Morgan fingerprint density at radius 2 is 1.82 bits per heavy atom. The third-order valence-electron chi connectivity index (χ3n) is 9.57. The first-order valence-electron chi connectivity index (χ1n) is 13.1. The van der Waals surface area contributed by atoms with Crippen LogP contribution >= 0.6 is 11.6 Å². The summed E-state index contributed by atoms with van der Waals surface area (Å²) in [6.45, 7) is 4.20. The summed E-state index contributed by atoms with van der Waals surface area (Å²) in [5, 5.41) is 4.49. The highest BCUT2D eigenvalue weighted by atomic mass is 35.5. The van der Waals surface area contributed by atoms with Crippen LogP contribution in [0.15, 0.2) is 35.0 Å². The zero-order chi connectivity index (χ0) is 22.0. The molecule has 0 aromatic carbocycles. The number of allylic oxidation sites excluding steroid dienone is 3. The maximum absolute atomic E-state index is 6.85. The van der Waals surface area contributed by atoms with Gasteiger partial charge >= 0.3 is 0 Å². The van der Waals surface area contributed by atoms with Crippen LogP contribution in [0.4, 0.5) is 0 Å². The van der Waals surface area contributed by atoms with Crippen LogP contribution in [0.25, 0.3) is 0 Å². The maximum Gasteiger partial charge on any atom is 0.215 e. The first-order chi connectivity index (χ1) is 16.1. The van der Waals surface area contributed by atoms with Gasteiger partial charge in [0.15, 0.2) is 12.3 Å². The van der Waals surface area contributed by atoms with E-state index in [0.717, 1.165) is 55.9 Å². The van der Waals surface area contributed by atoms with Crippen molar-refractivity contribution in [2.45, 2.75) is 62.6 Å². The van der Waals surface area contributed by atoms with Crippen molar-refractivity contribution in [2.24, 2.45) is 29.6 Å². The van der Waals surface area contributed by atoms with Crippen LogP contribution in [0.3, 0.4) is 0 Å². The Morgan fingerprint density at radius 3 is 2.58 bits per heavy atom. The predicted octanol–water partition coefficient (Wildman–Crippen LogP) is 0.808. The molecule has 2 saturated heterocycles. The van der Waals surface area contributed by atoms with Gasteiger partial charge in [-0.25, -0.2) is 4.99 Å². The first kappa shape index (κ1) is 21.1. The Kier molecular flexibility index (Phi) is 5.07. The van der Waals surface area contributed by atoms with E-state index in [0.29, 0.717) is 17.8 Å². The Bertz CT molecular complexity index is 892. The van der Waals surface area contributed by atoms with Crippen molar-refractivity contribution in [3.63, 3.8) is 0 Å². The fourth-order valence-electron chi connectivity index (χ4n) is 8.04. The summed E-state index contributed by atoms with van der Waals surface area (Å²) in [5.41, 5.74) is 1.27. The highest BCUT2D eigenvalue weighted by Crippen LogP contribution is 2.63. The van der Waals surface area contributed by atoms with Crippen LogP contribution in [0.5, 0.6) is 0 Å². The highest BCUT2D eigenvalue weighted by molar-refractivity contribution is 6.31. The van der Waals surface area contributed by atoms with Crippen LogP contribution < -0.4 is 15.2 Å². The number of quaternary nitrogens is 1. The molecule has 6 fully saturated rings. The van der Waals surface area contributed by atoms with Crippen LogP contribution in [0, 0.1) is 29.6 Å². The normalized spacial score (nSPS) is 49.4. The minimum absolute atomic E-state index is 0.242. The van der Waals surface area contributed by atoms with E-state index < -0.39 is 11.6 Å². The topological polar surface area (TPSA) is 58.1 Å². The molecule has 2 atom stereocenters. The highest BCUT2D eigenvalue weighted by Gasteiger charge is 2.67. The van der Waals surface area contributed by atoms with Crippen molar-refractivity contribution >= 4 is 17.8 Å². The lowest BCUT2D eigenvalue weighted by Gasteiger charge is -2.57. The molecule has 7 heteroatoms. The van der Waals surface area contributed by atoms with Gasteiger partial charge in [-0.3, -0.25) is 0 Å². The van der Waals surface area contributed by atoms with E-state index in [9.17, 15) is 0 Å². The van der Waals surface area contributed by atoms with Gasteiger partial charge in [-0.1, -0.05) is 17.7 Å². The van der Waals surface area contributed by atoms with Gasteiger partial charge in [0, 0.05) is 34.7 Å². The van der Waals surface area contributed by atoms with E-state index >= 15 is 0 Å². The number of hydrogen-bond acceptors (Lipinski definition) is 4. The van der Waals surface area contributed by atoms with Gasteiger partial charge in [-0.15, -0.1) is 0 Å². The average Bonchev–Trinajstić information content (AvgIpc) is 3.18. The maximum atomic E-state index is 6.85. The molecule has 0 amide bonds. The largest absolute Gasteiger partial charge is 0.382 e. The van der Waals surface area contributed by atoms with E-state index in [4.69, 9.17) is 26.1 Å². The molecule has 3 N–H and O–H groups in total. The fraction of sp³-hybridized carbons (Fsp3) is 0.731. The molecule has 0 radical (unpaired) electrons. The second-order valence-corrected chi connectivity index (χ2v) is 12.0. The number of rotatable bonds is 4. The van der Waals surface area contributed by atoms with Gasteiger partial charge in [-0.05, 0) is 50.0 Å². The van der Waals surface area contributed by atoms with Crippen molar-refractivity contribution < 1.29 is 24.4 Å². The Hall–Kier alpha value is -1.18. The molecule has 3 aliphatic heterocycles. The number of nitrogens with one attached hydrogen (secondary N) is 3. The molecule has 178 valence electrons. The summed E-state index contributed by atoms with van der Waals surface area (Å²) >= 11 is 6.17. The lowest BCUT2D eigenvalue weighted by Crippen LogP contribution is -3.14. The summed E-state index contributed by atoms with van der Waals surface area (Å²) in [7, 11) is 0. The SMILES string of the molecule is ClC1=CC2[NH+]=CC=C(NCC[NH+]3CCC4(CC3)OOC3(O4)C4CC5CC(C4)CC3C5)C2C=C1. The molecule has 6 nitrogen and oxygen atoms in total. The molecular weight excluding hydrogens is 438 g/mol. The van der Waals surface area contributed by atoms with E-state index in [2.05, 4.69) is 28.5 Å². The minimum Gasteiger partial charge on any atom is -0.382 e. The number of halogens is 1. The number of fused-ring (bicyclic) bond motifs is 1.